The molecule has 0 N–H and O–H groups in total. The second kappa shape index (κ2) is 10.8. The van der Waals surface area contributed by atoms with Gasteiger partial charge in [0.1, 0.15) is 0 Å². The van der Waals surface area contributed by atoms with Gasteiger partial charge in [0.25, 0.3) is 0 Å². The van der Waals surface area contributed by atoms with Crippen molar-refractivity contribution >= 4 is 30.5 Å². The molecule has 0 saturated heterocycles. The summed E-state index contributed by atoms with van der Waals surface area (Å²) in [5, 5.41) is 0.960. The first-order chi connectivity index (χ1) is 8.83. The number of alkyl halides is 1. The molecule has 0 aliphatic carbocycles. The number of benzene rings is 1. The highest BCUT2D eigenvalue weighted by Crippen LogP contribution is 2.07. The lowest BCUT2D eigenvalue weighted by molar-refractivity contribution is -0.557. The highest BCUT2D eigenvalue weighted by Gasteiger charge is 2.20. The summed E-state index contributed by atoms with van der Waals surface area (Å²) in [6.45, 7) is 0. The molecule has 0 amide bonds. The van der Waals surface area contributed by atoms with Gasteiger partial charge in [0, 0.05) is 5.88 Å². The minimum absolute atomic E-state index is 0.0683. The van der Waals surface area contributed by atoms with E-state index in [0.29, 0.717) is 5.88 Å². The molecule has 19 heavy (non-hydrogen) atoms. The van der Waals surface area contributed by atoms with Crippen LogP contribution in [0.5, 0.6) is 0 Å². The van der Waals surface area contributed by atoms with Crippen LogP contribution in [0.3, 0.4) is 0 Å². The van der Waals surface area contributed by atoms with Crippen LogP contribution in [0.4, 0.5) is 17.3 Å². The average molecular weight is 429 g/mol. The third kappa shape index (κ3) is 16.0. The fourth-order valence-corrected chi connectivity index (χ4v) is 3.28. The van der Waals surface area contributed by atoms with Crippen molar-refractivity contribution in [1.82, 2.24) is 0 Å². The number of allylic oxidation sites excluding steroid dienone is 1. The Morgan fingerprint density at radius 3 is 2.16 bits per heavy atom. The van der Waals surface area contributed by atoms with Crippen LogP contribution in [0.1, 0.15) is 12.8 Å². The maximum absolute atomic E-state index is 9.75. The number of hydrogen-bond acceptors (Lipinski definition) is 0. The SMILES string of the molecule is ClCCC/C(Cl)=C/[I+]c1ccccc1.F[B-](F)(F)F. The summed E-state index contributed by atoms with van der Waals surface area (Å²) in [5.41, 5.74) is 0. The summed E-state index contributed by atoms with van der Waals surface area (Å²) in [6.07, 6.45) is 1.88. The first-order valence-electron chi connectivity index (χ1n) is 5.29. The standard InChI is InChI=1S/C11H12Cl2I.BF4/c12-8-4-5-10(13)9-14-11-6-2-1-3-7-11;2-1(3,4)5/h1-3,6-7,9H,4-5,8H2;/q+1;-1/b10-9-;. The van der Waals surface area contributed by atoms with Crippen molar-refractivity contribution in [1.29, 1.82) is 0 Å². The van der Waals surface area contributed by atoms with E-state index in [1.807, 2.05) is 6.07 Å². The van der Waals surface area contributed by atoms with Gasteiger partial charge in [-0.25, -0.2) is 0 Å². The second-order valence-corrected chi connectivity index (χ2v) is 6.60. The molecular weight excluding hydrogens is 417 g/mol. The molecule has 0 aromatic heterocycles. The van der Waals surface area contributed by atoms with Crippen LogP contribution in [-0.2, 0) is 0 Å². The van der Waals surface area contributed by atoms with E-state index in [-0.39, 0.29) is 21.2 Å². The van der Waals surface area contributed by atoms with E-state index in [9.17, 15) is 17.3 Å². The van der Waals surface area contributed by atoms with Crippen LogP contribution in [0.15, 0.2) is 39.4 Å². The summed E-state index contributed by atoms with van der Waals surface area (Å²) in [4.78, 5) is 0. The molecule has 8 heteroatoms. The monoisotopic (exact) mass is 428 g/mol. The molecule has 1 aromatic rings. The molecule has 0 aliphatic heterocycles. The molecule has 0 spiro atoms. The number of hydrogen-bond donors (Lipinski definition) is 0. The molecule has 0 aliphatic rings. The van der Waals surface area contributed by atoms with Crippen molar-refractivity contribution in [3.63, 3.8) is 0 Å². The Morgan fingerprint density at radius 2 is 1.68 bits per heavy atom. The third-order valence-corrected chi connectivity index (χ3v) is 5.02. The summed E-state index contributed by atoms with van der Waals surface area (Å²) >= 11 is 11.6. The van der Waals surface area contributed by atoms with Gasteiger partial charge in [-0.15, -0.1) is 11.6 Å². The van der Waals surface area contributed by atoms with Gasteiger partial charge in [-0.3, -0.25) is 0 Å². The predicted molar refractivity (Wildman–Crippen MR) is 69.2 cm³/mol. The molecule has 0 nitrogen and oxygen atoms in total. The molecular formula is C11H12BCl2F4I. The average Bonchev–Trinajstić information content (AvgIpc) is 2.33. The summed E-state index contributed by atoms with van der Waals surface area (Å²) in [5.74, 6) is 0.688. The highest BCUT2D eigenvalue weighted by atomic mass is 127. The lowest BCUT2D eigenvalue weighted by atomic mass is 10.3. The molecule has 108 valence electrons. The van der Waals surface area contributed by atoms with Crippen molar-refractivity contribution in [3.05, 3.63) is 43.0 Å². The minimum atomic E-state index is -6.00. The summed E-state index contributed by atoms with van der Waals surface area (Å²) < 4.78 is 42.6. The van der Waals surface area contributed by atoms with Gasteiger partial charge in [-0.1, -0.05) is 29.8 Å². The number of rotatable bonds is 5. The lowest BCUT2D eigenvalue weighted by Crippen LogP contribution is -3.59. The maximum atomic E-state index is 9.75. The highest BCUT2D eigenvalue weighted by molar-refractivity contribution is 6.50. The fraction of sp³-hybridized carbons (Fsp3) is 0.273. The lowest BCUT2D eigenvalue weighted by Gasteiger charge is -1.94. The Balaban J connectivity index is 0.000000555. The van der Waals surface area contributed by atoms with Gasteiger partial charge >= 0.3 is 28.5 Å². The van der Waals surface area contributed by atoms with E-state index < -0.39 is 7.25 Å². The Bertz CT molecular complexity index is 365. The Hall–Kier alpha value is 0.0549. The van der Waals surface area contributed by atoms with E-state index in [1.165, 1.54) is 3.57 Å². The van der Waals surface area contributed by atoms with E-state index in [4.69, 9.17) is 23.2 Å². The fourth-order valence-electron chi connectivity index (χ4n) is 0.900. The van der Waals surface area contributed by atoms with Crippen molar-refractivity contribution in [2.75, 3.05) is 5.88 Å². The molecule has 0 radical (unpaired) electrons. The van der Waals surface area contributed by atoms with Crippen LogP contribution in [0, 0.1) is 3.57 Å². The molecule has 1 aromatic carbocycles. The van der Waals surface area contributed by atoms with Gasteiger partial charge in [0.15, 0.2) is 7.65 Å². The zero-order valence-electron chi connectivity index (χ0n) is 9.81. The molecule has 0 heterocycles. The molecule has 0 bridgehead atoms. The van der Waals surface area contributed by atoms with Crippen LogP contribution >= 0.6 is 23.2 Å². The zero-order valence-corrected chi connectivity index (χ0v) is 13.5. The maximum Gasteiger partial charge on any atom is 0.673 e. The van der Waals surface area contributed by atoms with Crippen LogP contribution < -0.4 is 21.2 Å². The third-order valence-electron chi connectivity index (χ3n) is 1.58. The molecule has 0 fully saturated rings. The van der Waals surface area contributed by atoms with Gasteiger partial charge in [0.05, 0.1) is 5.03 Å². The van der Waals surface area contributed by atoms with Crippen LogP contribution in [0.25, 0.3) is 0 Å². The van der Waals surface area contributed by atoms with E-state index in [0.717, 1.165) is 17.9 Å². The van der Waals surface area contributed by atoms with E-state index in [2.05, 4.69) is 28.3 Å². The minimum Gasteiger partial charge on any atom is -0.418 e. The molecule has 1 rings (SSSR count). The van der Waals surface area contributed by atoms with Crippen molar-refractivity contribution < 1.29 is 38.5 Å². The predicted octanol–water partition coefficient (Wildman–Crippen LogP) is 2.34. The summed E-state index contributed by atoms with van der Waals surface area (Å²) in [6, 6.07) is 10.5. The van der Waals surface area contributed by atoms with Gasteiger partial charge in [0.2, 0.25) is 0 Å². The number of halogens is 7. The summed E-state index contributed by atoms with van der Waals surface area (Å²) in [7, 11) is -6.00. The van der Waals surface area contributed by atoms with E-state index >= 15 is 0 Å². The van der Waals surface area contributed by atoms with E-state index in [1.54, 1.807) is 0 Å². The van der Waals surface area contributed by atoms with Gasteiger partial charge < -0.3 is 17.3 Å². The Kier molecular flexibility index (Phi) is 10.8. The first kappa shape index (κ1) is 19.1. The van der Waals surface area contributed by atoms with Crippen molar-refractivity contribution in [2.45, 2.75) is 12.8 Å². The Labute approximate surface area is 130 Å². The normalized spacial score (nSPS) is 11.8. The van der Waals surface area contributed by atoms with Gasteiger partial charge in [-0.05, 0) is 25.0 Å². The molecule has 0 unspecified atom stereocenters. The molecule has 0 atom stereocenters. The first-order valence-corrected chi connectivity index (χ1v) is 8.53. The van der Waals surface area contributed by atoms with Crippen LogP contribution in [-0.4, -0.2) is 13.1 Å². The topological polar surface area (TPSA) is 0 Å². The quantitative estimate of drug-likeness (QED) is 0.292. The van der Waals surface area contributed by atoms with Gasteiger partial charge in [-0.2, -0.15) is 0 Å². The van der Waals surface area contributed by atoms with Crippen molar-refractivity contribution in [3.8, 4) is 0 Å². The van der Waals surface area contributed by atoms with Crippen molar-refractivity contribution in [2.24, 2.45) is 0 Å². The smallest absolute Gasteiger partial charge is 0.418 e. The Morgan fingerprint density at radius 1 is 1.16 bits per heavy atom. The zero-order chi connectivity index (χ0) is 14.7. The second-order valence-electron chi connectivity index (χ2n) is 3.25. The largest absolute Gasteiger partial charge is 0.673 e. The van der Waals surface area contributed by atoms with Crippen LogP contribution in [0.2, 0.25) is 0 Å². The molecule has 0 saturated carbocycles.